The molecule has 2 fully saturated rings. The van der Waals surface area contributed by atoms with Crippen LogP contribution >= 0.6 is 23.7 Å². The highest BCUT2D eigenvalue weighted by atomic mass is 35.5. The lowest BCUT2D eigenvalue weighted by molar-refractivity contribution is 0.0759. The van der Waals surface area contributed by atoms with Crippen molar-refractivity contribution in [2.75, 3.05) is 0 Å². The molecule has 3 N–H and O–H groups in total. The quantitative estimate of drug-likeness (QED) is 0.829. The van der Waals surface area contributed by atoms with Gasteiger partial charge in [0.1, 0.15) is 0 Å². The van der Waals surface area contributed by atoms with Crippen LogP contribution in [0, 0.1) is 11.8 Å². The summed E-state index contributed by atoms with van der Waals surface area (Å²) in [6.45, 7) is 1.52. The number of carbonyl (C=O) groups is 2. The highest BCUT2D eigenvalue weighted by molar-refractivity contribution is 7.12. The summed E-state index contributed by atoms with van der Waals surface area (Å²) in [5.74, 6) is 1.00. The SMILES string of the molecule is CC(=O)c1csc(C(=O)NC2C3CCCC2CC(N)C3)c1.Cl. The van der Waals surface area contributed by atoms with Gasteiger partial charge >= 0.3 is 0 Å². The lowest BCUT2D eigenvalue weighted by atomic mass is 9.67. The van der Waals surface area contributed by atoms with Crippen LogP contribution in [0.4, 0.5) is 0 Å². The molecule has 3 rings (SSSR count). The van der Waals surface area contributed by atoms with Crippen molar-refractivity contribution in [2.45, 2.75) is 51.1 Å². The van der Waals surface area contributed by atoms with Gasteiger partial charge in [0.25, 0.3) is 5.91 Å². The predicted molar refractivity (Wildman–Crippen MR) is 90.9 cm³/mol. The zero-order valence-electron chi connectivity index (χ0n) is 12.7. The van der Waals surface area contributed by atoms with Gasteiger partial charge in [0.15, 0.2) is 5.78 Å². The summed E-state index contributed by atoms with van der Waals surface area (Å²) in [6, 6.07) is 2.25. The Hall–Kier alpha value is -0.910. The van der Waals surface area contributed by atoms with E-state index in [1.807, 2.05) is 0 Å². The van der Waals surface area contributed by atoms with Crippen LogP contribution in [0.5, 0.6) is 0 Å². The zero-order valence-corrected chi connectivity index (χ0v) is 14.3. The van der Waals surface area contributed by atoms with Gasteiger partial charge in [-0.3, -0.25) is 9.59 Å². The third-order valence-electron chi connectivity index (χ3n) is 4.90. The maximum atomic E-state index is 12.4. The van der Waals surface area contributed by atoms with Crippen LogP contribution in [-0.4, -0.2) is 23.8 Å². The minimum Gasteiger partial charge on any atom is -0.348 e. The van der Waals surface area contributed by atoms with Gasteiger partial charge in [-0.25, -0.2) is 0 Å². The largest absolute Gasteiger partial charge is 0.348 e. The number of Topliss-reactive ketones (excluding diaryl/α,β-unsaturated/α-hetero) is 1. The van der Waals surface area contributed by atoms with Crippen molar-refractivity contribution in [1.29, 1.82) is 0 Å². The standard InChI is InChI=1S/C16H22N2O2S.ClH/c1-9(19)12-7-14(21-8-12)16(20)18-15-10-3-2-4-11(15)6-13(17)5-10;/h7-8,10-11,13,15H,2-6,17H2,1H3,(H,18,20);1H. The molecule has 2 atom stereocenters. The average molecular weight is 343 g/mol. The first kappa shape index (κ1) is 17.4. The van der Waals surface area contributed by atoms with Gasteiger partial charge in [-0.15, -0.1) is 23.7 Å². The van der Waals surface area contributed by atoms with Crippen molar-refractivity contribution >= 4 is 35.4 Å². The molecular weight excluding hydrogens is 320 g/mol. The summed E-state index contributed by atoms with van der Waals surface area (Å²) in [4.78, 5) is 24.4. The molecule has 2 unspecified atom stereocenters. The van der Waals surface area contributed by atoms with Crippen LogP contribution in [0.3, 0.4) is 0 Å². The van der Waals surface area contributed by atoms with Crippen LogP contribution in [0.25, 0.3) is 0 Å². The van der Waals surface area contributed by atoms with Gasteiger partial charge in [-0.1, -0.05) is 6.42 Å². The van der Waals surface area contributed by atoms with Crippen LogP contribution in [0.2, 0.25) is 0 Å². The van der Waals surface area contributed by atoms with Crippen molar-refractivity contribution in [3.63, 3.8) is 0 Å². The minimum absolute atomic E-state index is 0. The Morgan fingerprint density at radius 2 is 1.91 bits per heavy atom. The second kappa shape index (κ2) is 7.11. The van der Waals surface area contributed by atoms with E-state index in [2.05, 4.69) is 5.32 Å². The molecule has 1 aromatic rings. The number of hydrogen-bond acceptors (Lipinski definition) is 4. The number of nitrogens with two attached hydrogens (primary N) is 1. The van der Waals surface area contributed by atoms with Crippen molar-refractivity contribution in [1.82, 2.24) is 5.32 Å². The molecule has 1 heterocycles. The second-order valence-electron chi connectivity index (χ2n) is 6.44. The van der Waals surface area contributed by atoms with Crippen molar-refractivity contribution in [3.05, 3.63) is 21.9 Å². The number of ketones is 1. The first-order valence-electron chi connectivity index (χ1n) is 7.70. The lowest BCUT2D eigenvalue weighted by Crippen LogP contribution is -2.53. The Morgan fingerprint density at radius 3 is 2.45 bits per heavy atom. The molecule has 1 aromatic heterocycles. The summed E-state index contributed by atoms with van der Waals surface area (Å²) >= 11 is 1.35. The van der Waals surface area contributed by atoms with E-state index in [0.717, 1.165) is 25.7 Å². The molecule has 0 aliphatic heterocycles. The molecule has 4 nitrogen and oxygen atoms in total. The van der Waals surface area contributed by atoms with Crippen molar-refractivity contribution in [3.8, 4) is 0 Å². The molecule has 2 bridgehead atoms. The Kier molecular flexibility index (Phi) is 5.64. The third kappa shape index (κ3) is 3.53. The summed E-state index contributed by atoms with van der Waals surface area (Å²) < 4.78 is 0. The van der Waals surface area contributed by atoms with E-state index in [4.69, 9.17) is 5.73 Å². The second-order valence-corrected chi connectivity index (χ2v) is 7.35. The van der Waals surface area contributed by atoms with Gasteiger partial charge in [-0.05, 0) is 50.5 Å². The van der Waals surface area contributed by atoms with E-state index >= 15 is 0 Å². The molecule has 22 heavy (non-hydrogen) atoms. The molecule has 2 saturated carbocycles. The molecule has 0 aromatic carbocycles. The molecule has 2 aliphatic rings. The highest BCUT2D eigenvalue weighted by Crippen LogP contribution is 2.39. The fraction of sp³-hybridized carbons (Fsp3) is 0.625. The first-order valence-corrected chi connectivity index (χ1v) is 8.58. The molecule has 122 valence electrons. The molecule has 0 spiro atoms. The number of rotatable bonds is 3. The van der Waals surface area contributed by atoms with E-state index in [9.17, 15) is 9.59 Å². The van der Waals surface area contributed by atoms with Gasteiger partial charge in [0.2, 0.25) is 0 Å². The fourth-order valence-corrected chi connectivity index (χ4v) is 4.74. The Morgan fingerprint density at radius 1 is 1.27 bits per heavy atom. The number of carbonyl (C=O) groups excluding carboxylic acids is 2. The minimum atomic E-state index is -0.0372. The van der Waals surface area contributed by atoms with Crippen LogP contribution < -0.4 is 11.1 Å². The lowest BCUT2D eigenvalue weighted by Gasteiger charge is -2.45. The van der Waals surface area contributed by atoms with E-state index in [0.29, 0.717) is 28.3 Å². The van der Waals surface area contributed by atoms with Crippen LogP contribution in [0.1, 0.15) is 59.1 Å². The molecule has 0 saturated heterocycles. The number of hydrogen-bond donors (Lipinski definition) is 2. The van der Waals surface area contributed by atoms with Crippen molar-refractivity contribution in [2.24, 2.45) is 17.6 Å². The van der Waals surface area contributed by atoms with Crippen LogP contribution in [-0.2, 0) is 0 Å². The zero-order chi connectivity index (χ0) is 15.0. The maximum absolute atomic E-state index is 12.4. The third-order valence-corrected chi connectivity index (χ3v) is 5.83. The molecule has 2 aliphatic carbocycles. The smallest absolute Gasteiger partial charge is 0.261 e. The first-order chi connectivity index (χ1) is 10.0. The van der Waals surface area contributed by atoms with E-state index in [1.54, 1.807) is 11.4 Å². The van der Waals surface area contributed by atoms with Crippen LogP contribution in [0.15, 0.2) is 11.4 Å². The Balaban J connectivity index is 0.00000176. The number of nitrogens with one attached hydrogen (secondary N) is 1. The summed E-state index contributed by atoms with van der Waals surface area (Å²) in [5, 5.41) is 4.97. The number of thiophene rings is 1. The summed E-state index contributed by atoms with van der Waals surface area (Å²) in [6.07, 6.45) is 5.62. The molecular formula is C16H23ClN2O2S. The summed E-state index contributed by atoms with van der Waals surface area (Å²) in [7, 11) is 0. The van der Waals surface area contributed by atoms with Gasteiger partial charge in [-0.2, -0.15) is 0 Å². The maximum Gasteiger partial charge on any atom is 0.261 e. The molecule has 6 heteroatoms. The van der Waals surface area contributed by atoms with Gasteiger partial charge in [0, 0.05) is 23.0 Å². The molecule has 0 radical (unpaired) electrons. The Labute approximate surface area is 141 Å². The van der Waals surface area contributed by atoms with Crippen molar-refractivity contribution < 1.29 is 9.59 Å². The normalized spacial score (nSPS) is 30.3. The topological polar surface area (TPSA) is 72.2 Å². The number of halogens is 1. The number of fused-ring (bicyclic) bond motifs is 2. The predicted octanol–water partition coefficient (Wildman–Crippen LogP) is 3.01. The monoisotopic (exact) mass is 342 g/mol. The van der Waals surface area contributed by atoms with E-state index in [-0.39, 0.29) is 30.1 Å². The Bertz CT molecular complexity index is 546. The van der Waals surface area contributed by atoms with Gasteiger partial charge < -0.3 is 11.1 Å². The summed E-state index contributed by atoms with van der Waals surface area (Å²) in [5.41, 5.74) is 6.74. The van der Waals surface area contributed by atoms with E-state index in [1.165, 1.54) is 24.7 Å². The molecule has 1 amide bonds. The highest BCUT2D eigenvalue weighted by Gasteiger charge is 2.40. The average Bonchev–Trinajstić information content (AvgIpc) is 2.89. The fourth-order valence-electron chi connectivity index (χ4n) is 3.89. The van der Waals surface area contributed by atoms with E-state index < -0.39 is 0 Å². The van der Waals surface area contributed by atoms with Gasteiger partial charge in [0.05, 0.1) is 4.88 Å². The number of amides is 1.